The lowest BCUT2D eigenvalue weighted by atomic mass is 10.1. The molecular formula is C14H12F2N2OS. The van der Waals surface area contributed by atoms with Gasteiger partial charge in [-0.15, -0.1) is 11.8 Å². The number of hydrazine groups is 1. The van der Waals surface area contributed by atoms with Gasteiger partial charge in [-0.3, -0.25) is 10.2 Å². The molecule has 0 unspecified atom stereocenters. The number of hydrogen-bond donors (Lipinski definition) is 2. The van der Waals surface area contributed by atoms with Crippen molar-refractivity contribution < 1.29 is 13.6 Å². The first-order chi connectivity index (χ1) is 9.61. The van der Waals surface area contributed by atoms with E-state index in [1.54, 1.807) is 24.3 Å². The van der Waals surface area contributed by atoms with Gasteiger partial charge in [-0.25, -0.2) is 14.6 Å². The number of halogens is 2. The third kappa shape index (κ3) is 3.34. The van der Waals surface area contributed by atoms with Gasteiger partial charge in [0, 0.05) is 16.2 Å². The Bertz CT molecular complexity index is 634. The number of benzene rings is 2. The number of nitrogens with one attached hydrogen (secondary N) is 1. The fourth-order valence-corrected chi connectivity index (χ4v) is 2.65. The van der Waals surface area contributed by atoms with Crippen LogP contribution in [0.5, 0.6) is 0 Å². The van der Waals surface area contributed by atoms with Crippen molar-refractivity contribution in [1.29, 1.82) is 0 Å². The maximum atomic E-state index is 13.5. The molecule has 0 bridgehead atoms. The highest BCUT2D eigenvalue weighted by atomic mass is 32.2. The van der Waals surface area contributed by atoms with Crippen LogP contribution in [-0.4, -0.2) is 5.91 Å². The summed E-state index contributed by atoms with van der Waals surface area (Å²) in [4.78, 5) is 11.8. The molecule has 0 aliphatic heterocycles. The molecule has 0 heterocycles. The lowest BCUT2D eigenvalue weighted by Gasteiger charge is -2.08. The molecule has 0 fully saturated rings. The molecule has 0 aliphatic rings. The number of hydrogen-bond acceptors (Lipinski definition) is 3. The Balaban J connectivity index is 2.19. The normalized spacial score (nSPS) is 10.3. The summed E-state index contributed by atoms with van der Waals surface area (Å²) >= 11 is 1.12. The Morgan fingerprint density at radius 3 is 2.70 bits per heavy atom. The van der Waals surface area contributed by atoms with Crippen LogP contribution in [0, 0.1) is 11.6 Å². The minimum Gasteiger partial charge on any atom is -0.290 e. The second kappa shape index (κ2) is 6.49. The predicted octanol–water partition coefficient (Wildman–Crippen LogP) is 2.86. The standard InChI is InChI=1S/C14H12F2N2OS/c15-10-5-6-12(16)13(7-10)20-8-9-3-1-2-4-11(9)14(19)18-17/h1-7H,8,17H2,(H,18,19). The first-order valence-corrected chi connectivity index (χ1v) is 6.77. The van der Waals surface area contributed by atoms with Crippen molar-refractivity contribution in [3.63, 3.8) is 0 Å². The fraction of sp³-hybridized carbons (Fsp3) is 0.0714. The maximum Gasteiger partial charge on any atom is 0.265 e. The van der Waals surface area contributed by atoms with Gasteiger partial charge in [-0.1, -0.05) is 18.2 Å². The van der Waals surface area contributed by atoms with Crippen molar-refractivity contribution in [2.75, 3.05) is 0 Å². The minimum atomic E-state index is -0.498. The van der Waals surface area contributed by atoms with Crippen molar-refractivity contribution in [3.05, 3.63) is 65.2 Å². The largest absolute Gasteiger partial charge is 0.290 e. The van der Waals surface area contributed by atoms with Crippen molar-refractivity contribution in [2.24, 2.45) is 5.84 Å². The molecule has 2 rings (SSSR count). The molecule has 3 nitrogen and oxygen atoms in total. The van der Waals surface area contributed by atoms with E-state index >= 15 is 0 Å². The summed E-state index contributed by atoms with van der Waals surface area (Å²) in [5.41, 5.74) is 3.17. The van der Waals surface area contributed by atoms with Crippen LogP contribution in [0.1, 0.15) is 15.9 Å². The number of rotatable bonds is 4. The highest BCUT2D eigenvalue weighted by molar-refractivity contribution is 7.98. The smallest absolute Gasteiger partial charge is 0.265 e. The Morgan fingerprint density at radius 1 is 1.20 bits per heavy atom. The summed E-state index contributed by atoms with van der Waals surface area (Å²) in [5, 5.41) is 0. The number of carbonyl (C=O) groups is 1. The van der Waals surface area contributed by atoms with Crippen LogP contribution in [0.2, 0.25) is 0 Å². The summed E-state index contributed by atoms with van der Waals surface area (Å²) in [6.07, 6.45) is 0. The second-order valence-electron chi connectivity index (χ2n) is 3.99. The van der Waals surface area contributed by atoms with Crippen LogP contribution in [0.4, 0.5) is 8.78 Å². The molecule has 0 saturated heterocycles. The summed E-state index contributed by atoms with van der Waals surface area (Å²) in [6.45, 7) is 0. The lowest BCUT2D eigenvalue weighted by molar-refractivity contribution is 0.0953. The maximum absolute atomic E-state index is 13.5. The van der Waals surface area contributed by atoms with Crippen LogP contribution in [0.15, 0.2) is 47.4 Å². The minimum absolute atomic E-state index is 0.202. The van der Waals surface area contributed by atoms with Gasteiger partial charge in [-0.2, -0.15) is 0 Å². The molecular weight excluding hydrogens is 282 g/mol. The number of thioether (sulfide) groups is 1. The zero-order valence-corrected chi connectivity index (χ0v) is 11.2. The SMILES string of the molecule is NNC(=O)c1ccccc1CSc1cc(F)ccc1F. The molecule has 0 spiro atoms. The first-order valence-electron chi connectivity index (χ1n) is 5.78. The van der Waals surface area contributed by atoms with Gasteiger partial charge in [0.2, 0.25) is 0 Å². The van der Waals surface area contributed by atoms with Gasteiger partial charge in [0.25, 0.3) is 5.91 Å². The zero-order valence-electron chi connectivity index (χ0n) is 10.4. The van der Waals surface area contributed by atoms with E-state index in [9.17, 15) is 13.6 Å². The van der Waals surface area contributed by atoms with Crippen LogP contribution >= 0.6 is 11.8 Å². The van der Waals surface area contributed by atoms with Gasteiger partial charge in [0.05, 0.1) is 0 Å². The molecule has 6 heteroatoms. The topological polar surface area (TPSA) is 55.1 Å². The van der Waals surface area contributed by atoms with E-state index in [0.29, 0.717) is 16.9 Å². The van der Waals surface area contributed by atoms with Gasteiger partial charge in [0.15, 0.2) is 0 Å². The van der Waals surface area contributed by atoms with Crippen LogP contribution < -0.4 is 11.3 Å². The Labute approximate surface area is 119 Å². The molecule has 0 saturated carbocycles. The summed E-state index contributed by atoms with van der Waals surface area (Å²) in [7, 11) is 0. The van der Waals surface area contributed by atoms with E-state index in [2.05, 4.69) is 5.43 Å². The zero-order chi connectivity index (χ0) is 14.5. The number of carbonyl (C=O) groups excluding carboxylic acids is 1. The van der Waals surface area contributed by atoms with Crippen molar-refractivity contribution >= 4 is 17.7 Å². The van der Waals surface area contributed by atoms with E-state index in [1.165, 1.54) is 0 Å². The molecule has 0 atom stereocenters. The highest BCUT2D eigenvalue weighted by Crippen LogP contribution is 2.27. The monoisotopic (exact) mass is 294 g/mol. The Kier molecular flexibility index (Phi) is 4.70. The molecule has 3 N–H and O–H groups in total. The van der Waals surface area contributed by atoms with Gasteiger partial charge in [-0.05, 0) is 29.8 Å². The molecule has 2 aromatic rings. The molecule has 2 aromatic carbocycles. The van der Waals surface area contributed by atoms with Crippen LogP contribution in [-0.2, 0) is 5.75 Å². The lowest BCUT2D eigenvalue weighted by Crippen LogP contribution is -2.30. The van der Waals surface area contributed by atoms with Crippen LogP contribution in [0.3, 0.4) is 0 Å². The van der Waals surface area contributed by atoms with E-state index in [0.717, 1.165) is 30.0 Å². The van der Waals surface area contributed by atoms with E-state index in [4.69, 9.17) is 5.84 Å². The first kappa shape index (κ1) is 14.5. The van der Waals surface area contributed by atoms with Gasteiger partial charge in [0.1, 0.15) is 11.6 Å². The van der Waals surface area contributed by atoms with Crippen LogP contribution in [0.25, 0.3) is 0 Å². The molecule has 104 valence electrons. The average Bonchev–Trinajstić information content (AvgIpc) is 2.47. The second-order valence-corrected chi connectivity index (χ2v) is 5.01. The van der Waals surface area contributed by atoms with Gasteiger partial charge < -0.3 is 0 Å². The van der Waals surface area contributed by atoms with Crippen molar-refractivity contribution in [1.82, 2.24) is 5.43 Å². The third-order valence-electron chi connectivity index (χ3n) is 2.67. The predicted molar refractivity (Wildman–Crippen MR) is 74.0 cm³/mol. The molecule has 0 radical (unpaired) electrons. The average molecular weight is 294 g/mol. The van der Waals surface area contributed by atoms with E-state index in [-0.39, 0.29) is 4.90 Å². The molecule has 0 aliphatic carbocycles. The summed E-state index contributed by atoms with van der Waals surface area (Å²) in [5.74, 6) is 4.04. The quantitative estimate of drug-likeness (QED) is 0.394. The summed E-state index contributed by atoms with van der Waals surface area (Å²) in [6, 6.07) is 10.1. The highest BCUT2D eigenvalue weighted by Gasteiger charge is 2.11. The molecule has 1 amide bonds. The third-order valence-corrected chi connectivity index (χ3v) is 3.75. The van der Waals surface area contributed by atoms with Crippen molar-refractivity contribution in [3.8, 4) is 0 Å². The van der Waals surface area contributed by atoms with E-state index < -0.39 is 17.5 Å². The van der Waals surface area contributed by atoms with E-state index in [1.807, 2.05) is 0 Å². The number of nitrogen functional groups attached to an aromatic ring is 1. The molecule has 20 heavy (non-hydrogen) atoms. The molecule has 0 aromatic heterocycles. The summed E-state index contributed by atoms with van der Waals surface area (Å²) < 4.78 is 26.6. The van der Waals surface area contributed by atoms with Crippen molar-refractivity contribution in [2.45, 2.75) is 10.6 Å². The Hall–Kier alpha value is -1.92. The number of amides is 1. The number of nitrogens with two attached hydrogens (primary N) is 1. The fourth-order valence-electron chi connectivity index (χ4n) is 1.69. The Morgan fingerprint density at radius 2 is 1.95 bits per heavy atom. The van der Waals surface area contributed by atoms with Gasteiger partial charge >= 0.3 is 0 Å².